The number of hydrogen-bond acceptors (Lipinski definition) is 8. The van der Waals surface area contributed by atoms with Crippen LogP contribution in [0.4, 0.5) is 16.4 Å². The fourth-order valence-electron chi connectivity index (χ4n) is 3.78. The summed E-state index contributed by atoms with van der Waals surface area (Å²) in [7, 11) is 3.41. The molecule has 1 saturated heterocycles. The molecule has 2 N–H and O–H groups in total. The number of aryl methyl sites for hydroxylation is 1. The average Bonchev–Trinajstić information content (AvgIpc) is 3.22. The first kappa shape index (κ1) is 25.4. The average molecular weight is 493 g/mol. The molecule has 1 amide bonds. The van der Waals surface area contributed by atoms with Crippen molar-refractivity contribution in [2.24, 2.45) is 7.05 Å². The summed E-state index contributed by atoms with van der Waals surface area (Å²) in [6, 6.07) is 5.60. The molecule has 36 heavy (non-hydrogen) atoms. The summed E-state index contributed by atoms with van der Waals surface area (Å²) in [5.74, 6) is 6.66. The van der Waals surface area contributed by atoms with Crippen LogP contribution in [0.25, 0.3) is 11.0 Å². The number of hydrogen-bond donors (Lipinski definition) is 1. The second-order valence-electron chi connectivity index (χ2n) is 9.66. The highest BCUT2D eigenvalue weighted by Crippen LogP contribution is 2.29. The summed E-state index contributed by atoms with van der Waals surface area (Å²) in [5.41, 5.74) is 8.67. The molecule has 4 heterocycles. The Bertz CT molecular complexity index is 1310. The SMILES string of the molecule is CN(C(=O)OC(C)(C)C)c1nc(N)c(C#Cc2cccc(COC3CCCCO3)n2)c2c1ncn2C. The number of imidazole rings is 1. The van der Waals surface area contributed by atoms with Crippen LogP contribution in [0, 0.1) is 11.8 Å². The standard InChI is InChI=1S/C26H32N6O4/c1-26(2,3)36-25(33)32(5)24-21-22(31(4)16-28-21)19(23(27)30-24)13-12-17-9-8-10-18(29-17)15-35-20-11-6-7-14-34-20/h8-10,16,20H,6-7,11,14-15H2,1-5H3,(H2,27,30). The molecule has 0 aliphatic carbocycles. The predicted molar refractivity (Wildman–Crippen MR) is 136 cm³/mol. The van der Waals surface area contributed by atoms with Gasteiger partial charge in [-0.2, -0.15) is 0 Å². The van der Waals surface area contributed by atoms with Crippen molar-refractivity contribution in [3.05, 3.63) is 41.5 Å². The van der Waals surface area contributed by atoms with Gasteiger partial charge in [-0.1, -0.05) is 12.0 Å². The molecule has 3 aromatic rings. The fraction of sp³-hybridized carbons (Fsp3) is 0.462. The smallest absolute Gasteiger partial charge is 0.415 e. The Morgan fingerprint density at radius 2 is 2.08 bits per heavy atom. The highest BCUT2D eigenvalue weighted by atomic mass is 16.7. The first-order chi connectivity index (χ1) is 17.1. The molecule has 0 aromatic carbocycles. The van der Waals surface area contributed by atoms with Gasteiger partial charge in [-0.3, -0.25) is 4.90 Å². The molecule has 1 fully saturated rings. The van der Waals surface area contributed by atoms with Gasteiger partial charge in [0, 0.05) is 20.7 Å². The van der Waals surface area contributed by atoms with Crippen LogP contribution >= 0.6 is 0 Å². The predicted octanol–water partition coefficient (Wildman–Crippen LogP) is 3.76. The third kappa shape index (κ3) is 5.93. The highest BCUT2D eigenvalue weighted by molar-refractivity contribution is 6.00. The summed E-state index contributed by atoms with van der Waals surface area (Å²) in [6.07, 6.45) is 3.97. The van der Waals surface area contributed by atoms with Gasteiger partial charge in [0.1, 0.15) is 22.6 Å². The van der Waals surface area contributed by atoms with E-state index in [0.717, 1.165) is 31.6 Å². The van der Waals surface area contributed by atoms with Gasteiger partial charge in [-0.25, -0.2) is 19.7 Å². The number of rotatable bonds is 4. The van der Waals surface area contributed by atoms with Gasteiger partial charge >= 0.3 is 6.09 Å². The van der Waals surface area contributed by atoms with Crippen molar-refractivity contribution in [2.75, 3.05) is 24.3 Å². The van der Waals surface area contributed by atoms with Gasteiger partial charge in [0.15, 0.2) is 12.1 Å². The Labute approximate surface area is 210 Å². The third-order valence-electron chi connectivity index (χ3n) is 5.53. The normalized spacial score (nSPS) is 15.9. The number of amides is 1. The van der Waals surface area contributed by atoms with E-state index in [1.807, 2.05) is 25.2 Å². The lowest BCUT2D eigenvalue weighted by molar-refractivity contribution is -0.169. The number of carbonyl (C=O) groups is 1. The maximum Gasteiger partial charge on any atom is 0.415 e. The van der Waals surface area contributed by atoms with Gasteiger partial charge in [-0.15, -0.1) is 0 Å². The van der Waals surface area contributed by atoms with Crippen molar-refractivity contribution in [1.29, 1.82) is 0 Å². The van der Waals surface area contributed by atoms with Crippen molar-refractivity contribution in [2.45, 2.75) is 58.5 Å². The third-order valence-corrected chi connectivity index (χ3v) is 5.53. The van der Waals surface area contributed by atoms with Gasteiger partial charge in [-0.05, 0) is 58.1 Å². The molecule has 3 aromatic heterocycles. The topological polar surface area (TPSA) is 118 Å². The number of ether oxygens (including phenoxy) is 3. The molecular formula is C26H32N6O4. The van der Waals surface area contributed by atoms with E-state index in [0.29, 0.717) is 34.7 Å². The number of carbonyl (C=O) groups excluding carboxylic acids is 1. The summed E-state index contributed by atoms with van der Waals surface area (Å²) in [6.45, 7) is 6.48. The Morgan fingerprint density at radius 3 is 2.81 bits per heavy atom. The molecule has 0 saturated carbocycles. The summed E-state index contributed by atoms with van der Waals surface area (Å²) in [5, 5.41) is 0. The maximum atomic E-state index is 12.6. The maximum absolute atomic E-state index is 12.6. The number of anilines is 2. The van der Waals surface area contributed by atoms with Gasteiger partial charge in [0.05, 0.1) is 29.7 Å². The van der Waals surface area contributed by atoms with Gasteiger partial charge < -0.3 is 24.5 Å². The second-order valence-corrected chi connectivity index (χ2v) is 9.66. The molecule has 10 heteroatoms. The molecule has 0 radical (unpaired) electrons. The molecule has 4 rings (SSSR count). The minimum absolute atomic E-state index is 0.179. The van der Waals surface area contributed by atoms with Crippen molar-refractivity contribution >= 4 is 28.8 Å². The summed E-state index contributed by atoms with van der Waals surface area (Å²) in [4.78, 5) is 27.4. The van der Waals surface area contributed by atoms with E-state index < -0.39 is 11.7 Å². The molecule has 1 unspecified atom stereocenters. The van der Waals surface area contributed by atoms with Crippen LogP contribution in [0.15, 0.2) is 24.5 Å². The molecule has 1 aliphatic rings. The van der Waals surface area contributed by atoms with Crippen LogP contribution in [0.3, 0.4) is 0 Å². The minimum atomic E-state index is -0.651. The van der Waals surface area contributed by atoms with E-state index in [4.69, 9.17) is 19.9 Å². The van der Waals surface area contributed by atoms with Crippen molar-refractivity contribution < 1.29 is 19.0 Å². The number of pyridine rings is 2. The zero-order valence-corrected chi connectivity index (χ0v) is 21.4. The molecule has 190 valence electrons. The first-order valence-corrected chi connectivity index (χ1v) is 11.9. The van der Waals surface area contributed by atoms with Crippen LogP contribution in [0.5, 0.6) is 0 Å². The Hall–Kier alpha value is -3.68. The number of nitrogens with two attached hydrogens (primary N) is 1. The molecule has 1 atom stereocenters. The van der Waals surface area contributed by atoms with Crippen molar-refractivity contribution in [3.8, 4) is 11.8 Å². The van der Waals surface area contributed by atoms with Crippen LogP contribution in [-0.4, -0.2) is 51.2 Å². The first-order valence-electron chi connectivity index (χ1n) is 11.9. The number of nitrogens with zero attached hydrogens (tertiary/aromatic N) is 5. The van der Waals surface area contributed by atoms with Crippen molar-refractivity contribution in [1.82, 2.24) is 19.5 Å². The lowest BCUT2D eigenvalue weighted by atomic mass is 10.2. The van der Waals surface area contributed by atoms with E-state index in [-0.39, 0.29) is 12.1 Å². The van der Waals surface area contributed by atoms with E-state index in [1.165, 1.54) is 4.90 Å². The highest BCUT2D eigenvalue weighted by Gasteiger charge is 2.25. The van der Waals surface area contributed by atoms with Gasteiger partial charge in [0.2, 0.25) is 0 Å². The number of fused-ring (bicyclic) bond motifs is 1. The quantitative estimate of drug-likeness (QED) is 0.547. The second kappa shape index (κ2) is 10.5. The van der Waals surface area contributed by atoms with Crippen LogP contribution < -0.4 is 10.6 Å². The zero-order valence-electron chi connectivity index (χ0n) is 21.4. The lowest BCUT2D eigenvalue weighted by Gasteiger charge is -2.24. The van der Waals surface area contributed by atoms with Crippen molar-refractivity contribution in [3.63, 3.8) is 0 Å². The summed E-state index contributed by atoms with van der Waals surface area (Å²) >= 11 is 0. The number of nitrogen functional groups attached to an aromatic ring is 1. The zero-order chi connectivity index (χ0) is 25.9. The largest absolute Gasteiger partial charge is 0.443 e. The Morgan fingerprint density at radius 1 is 1.28 bits per heavy atom. The van der Waals surface area contributed by atoms with E-state index >= 15 is 0 Å². The Kier molecular flexibility index (Phi) is 7.43. The molecule has 10 nitrogen and oxygen atoms in total. The number of aromatic nitrogens is 4. The Balaban J connectivity index is 1.60. The van der Waals surface area contributed by atoms with Crippen LogP contribution in [-0.2, 0) is 27.9 Å². The molecule has 0 spiro atoms. The summed E-state index contributed by atoms with van der Waals surface area (Å²) < 4.78 is 18.7. The van der Waals surface area contributed by atoms with Gasteiger partial charge in [0.25, 0.3) is 0 Å². The van der Waals surface area contributed by atoms with E-state index in [1.54, 1.807) is 38.7 Å². The molecule has 1 aliphatic heterocycles. The van der Waals surface area contributed by atoms with E-state index in [2.05, 4.69) is 26.8 Å². The van der Waals surface area contributed by atoms with Crippen LogP contribution in [0.2, 0.25) is 0 Å². The van der Waals surface area contributed by atoms with Crippen LogP contribution in [0.1, 0.15) is 57.0 Å². The van der Waals surface area contributed by atoms with E-state index in [9.17, 15) is 4.79 Å². The molecule has 0 bridgehead atoms. The fourth-order valence-corrected chi connectivity index (χ4v) is 3.78. The lowest BCUT2D eigenvalue weighted by Crippen LogP contribution is -2.34. The monoisotopic (exact) mass is 492 g/mol. The minimum Gasteiger partial charge on any atom is -0.443 e. The molecular weight excluding hydrogens is 460 g/mol.